The third-order valence-electron chi connectivity index (χ3n) is 6.07. The lowest BCUT2D eigenvalue weighted by Gasteiger charge is -2.35. The molecule has 1 fully saturated rings. The third kappa shape index (κ3) is 5.22. The second-order valence-corrected chi connectivity index (χ2v) is 9.44. The molecule has 4 rings (SSSR count). The molecule has 6 nitrogen and oxygen atoms in total. The van der Waals surface area contributed by atoms with Crippen LogP contribution in [0, 0.1) is 13.8 Å². The van der Waals surface area contributed by atoms with Crippen LogP contribution in [0.3, 0.4) is 0 Å². The van der Waals surface area contributed by atoms with Crippen molar-refractivity contribution in [2.75, 3.05) is 26.9 Å². The number of benzene rings is 1. The summed E-state index contributed by atoms with van der Waals surface area (Å²) >= 11 is 1.82. The van der Waals surface area contributed by atoms with Crippen LogP contribution in [-0.2, 0) is 22.6 Å². The number of aryl methyl sites for hydroxylation is 2. The number of hydrogen-bond acceptors (Lipinski definition) is 6. The lowest BCUT2D eigenvalue weighted by molar-refractivity contribution is -0.137. The van der Waals surface area contributed by atoms with Gasteiger partial charge in [0.25, 0.3) is 0 Å². The summed E-state index contributed by atoms with van der Waals surface area (Å²) in [6.07, 6.45) is 7.12. The fourth-order valence-corrected chi connectivity index (χ4v) is 5.50. The molecule has 0 aliphatic carbocycles. The molecule has 0 saturated carbocycles. The Bertz CT molecular complexity index is 888. The molecule has 3 heterocycles. The molecule has 1 amide bonds. The molecule has 1 unspecified atom stereocenters. The van der Waals surface area contributed by atoms with Crippen LogP contribution in [0.25, 0.3) is 0 Å². The Hall–Kier alpha value is -2.09. The van der Waals surface area contributed by atoms with E-state index in [9.17, 15) is 4.79 Å². The average molecular weight is 442 g/mol. The number of fused-ring (bicyclic) bond motifs is 1. The van der Waals surface area contributed by atoms with E-state index >= 15 is 0 Å². The highest BCUT2D eigenvalue weighted by atomic mass is 32.2. The van der Waals surface area contributed by atoms with Gasteiger partial charge in [-0.3, -0.25) is 9.78 Å². The van der Waals surface area contributed by atoms with Crippen molar-refractivity contribution in [1.82, 2.24) is 14.2 Å². The summed E-state index contributed by atoms with van der Waals surface area (Å²) in [6.45, 7) is 7.30. The Morgan fingerprint density at radius 3 is 2.71 bits per heavy atom. The highest BCUT2D eigenvalue weighted by Crippen LogP contribution is 2.36. The van der Waals surface area contributed by atoms with E-state index in [4.69, 9.17) is 9.47 Å². The molecule has 0 N–H and O–H groups in total. The number of carbonyl (C=O) groups is 1. The van der Waals surface area contributed by atoms with Gasteiger partial charge in [-0.2, -0.15) is 0 Å². The summed E-state index contributed by atoms with van der Waals surface area (Å²) < 4.78 is 13.8. The number of nitrogens with zero attached hydrogens (tertiary/aromatic N) is 3. The maximum Gasteiger partial charge on any atom is 0.249 e. The molecule has 0 spiro atoms. The Morgan fingerprint density at radius 1 is 1.19 bits per heavy atom. The van der Waals surface area contributed by atoms with Gasteiger partial charge < -0.3 is 14.4 Å². The van der Waals surface area contributed by atoms with Crippen molar-refractivity contribution in [3.8, 4) is 5.75 Å². The van der Waals surface area contributed by atoms with Crippen molar-refractivity contribution in [2.24, 2.45) is 0 Å². The van der Waals surface area contributed by atoms with E-state index in [1.807, 2.05) is 29.1 Å². The topological polar surface area (TPSA) is 54.9 Å². The van der Waals surface area contributed by atoms with Crippen molar-refractivity contribution in [3.05, 3.63) is 52.8 Å². The predicted octanol–water partition coefficient (Wildman–Crippen LogP) is 4.13. The zero-order valence-electron chi connectivity index (χ0n) is 18.6. The van der Waals surface area contributed by atoms with Crippen LogP contribution in [0.4, 0.5) is 0 Å². The Kier molecular flexibility index (Phi) is 7.15. The first-order valence-corrected chi connectivity index (χ1v) is 11.7. The van der Waals surface area contributed by atoms with Gasteiger partial charge in [0.15, 0.2) is 0 Å². The fraction of sp³-hybridized carbons (Fsp3) is 0.500. The van der Waals surface area contributed by atoms with Crippen molar-refractivity contribution in [2.45, 2.75) is 57.1 Å². The molecule has 0 radical (unpaired) electrons. The van der Waals surface area contributed by atoms with E-state index in [1.54, 1.807) is 13.3 Å². The molecule has 2 aliphatic heterocycles. The van der Waals surface area contributed by atoms with Crippen LogP contribution in [0.1, 0.15) is 41.5 Å². The molecule has 0 bridgehead atoms. The summed E-state index contributed by atoms with van der Waals surface area (Å²) in [5, 5.41) is 0. The molecule has 2 aromatic rings. The molecule has 1 atom stereocenters. The second-order valence-electron chi connectivity index (χ2n) is 8.38. The van der Waals surface area contributed by atoms with Crippen molar-refractivity contribution < 1.29 is 14.3 Å². The molecule has 1 aromatic heterocycles. The maximum absolute atomic E-state index is 12.6. The fourth-order valence-electron chi connectivity index (χ4n) is 4.32. The smallest absolute Gasteiger partial charge is 0.249 e. The summed E-state index contributed by atoms with van der Waals surface area (Å²) in [6, 6.07) is 6.48. The van der Waals surface area contributed by atoms with E-state index in [1.165, 1.54) is 34.4 Å². The van der Waals surface area contributed by atoms with E-state index in [0.29, 0.717) is 25.7 Å². The number of piperidine rings is 1. The summed E-state index contributed by atoms with van der Waals surface area (Å²) in [7, 11) is 1.71. The number of carbonyl (C=O) groups excluding carboxylic acids is 1. The minimum absolute atomic E-state index is 0.0491. The van der Waals surface area contributed by atoms with Crippen LogP contribution in [-0.4, -0.2) is 53.0 Å². The van der Waals surface area contributed by atoms with Gasteiger partial charge in [-0.15, -0.1) is 0 Å². The standard InChI is InChI=1S/C24H31N3O3S/c1-17-10-22(29-3)11-18(2)24(17)31-27-9-5-4-6-21(27)15-30-16-23(28)26-13-19-7-8-25-12-20(19)14-26/h7-8,10-12,21H,4-6,9,13-16H2,1-3H3. The van der Waals surface area contributed by atoms with Gasteiger partial charge >= 0.3 is 0 Å². The maximum atomic E-state index is 12.6. The van der Waals surface area contributed by atoms with Gasteiger partial charge in [0, 0.05) is 43.0 Å². The molecule has 2 aliphatic rings. The lowest BCUT2D eigenvalue weighted by atomic mass is 10.1. The van der Waals surface area contributed by atoms with E-state index in [2.05, 4.69) is 35.3 Å². The molecule has 1 saturated heterocycles. The largest absolute Gasteiger partial charge is 0.497 e. The summed E-state index contributed by atoms with van der Waals surface area (Å²) in [5.74, 6) is 0.948. The zero-order valence-corrected chi connectivity index (χ0v) is 19.4. The SMILES string of the molecule is COc1cc(C)c(SN2CCCCC2COCC(=O)N2Cc3ccncc3C2)c(C)c1. The van der Waals surface area contributed by atoms with Gasteiger partial charge in [-0.25, -0.2) is 4.31 Å². The van der Waals surface area contributed by atoms with Crippen LogP contribution >= 0.6 is 11.9 Å². The number of aromatic nitrogens is 1. The third-order valence-corrected chi connectivity index (χ3v) is 7.61. The number of ether oxygens (including phenoxy) is 2. The van der Waals surface area contributed by atoms with Gasteiger partial charge in [-0.05, 0) is 79.1 Å². The van der Waals surface area contributed by atoms with Gasteiger partial charge in [-0.1, -0.05) is 6.42 Å². The second kappa shape index (κ2) is 10.0. The van der Waals surface area contributed by atoms with Crippen LogP contribution < -0.4 is 4.74 Å². The van der Waals surface area contributed by atoms with Crippen molar-refractivity contribution in [3.63, 3.8) is 0 Å². The summed E-state index contributed by atoms with van der Waals surface area (Å²) in [5.41, 5.74) is 4.77. The molecular weight excluding hydrogens is 410 g/mol. The normalized spacial score (nSPS) is 18.8. The van der Waals surface area contributed by atoms with E-state index in [-0.39, 0.29) is 12.5 Å². The number of amides is 1. The molecule has 31 heavy (non-hydrogen) atoms. The Labute approximate surface area is 189 Å². The first-order valence-electron chi connectivity index (χ1n) is 10.9. The average Bonchev–Trinajstić information content (AvgIpc) is 3.21. The van der Waals surface area contributed by atoms with E-state index in [0.717, 1.165) is 24.3 Å². The lowest BCUT2D eigenvalue weighted by Crippen LogP contribution is -2.39. The number of pyridine rings is 1. The number of rotatable bonds is 7. The molecule has 166 valence electrons. The molecule has 1 aromatic carbocycles. The zero-order chi connectivity index (χ0) is 21.8. The van der Waals surface area contributed by atoms with Gasteiger partial charge in [0.2, 0.25) is 5.91 Å². The molecule has 7 heteroatoms. The number of methoxy groups -OCH3 is 1. The first kappa shape index (κ1) is 22.1. The Morgan fingerprint density at radius 2 is 1.97 bits per heavy atom. The highest BCUT2D eigenvalue weighted by Gasteiger charge is 2.27. The summed E-state index contributed by atoms with van der Waals surface area (Å²) in [4.78, 5) is 19.9. The quantitative estimate of drug-likeness (QED) is 0.603. The monoisotopic (exact) mass is 441 g/mol. The highest BCUT2D eigenvalue weighted by molar-refractivity contribution is 7.97. The number of hydrogen-bond donors (Lipinski definition) is 0. The van der Waals surface area contributed by atoms with Crippen molar-refractivity contribution >= 4 is 17.9 Å². The van der Waals surface area contributed by atoms with Gasteiger partial charge in [0.05, 0.1) is 13.7 Å². The molecular formula is C24H31N3O3S. The van der Waals surface area contributed by atoms with E-state index < -0.39 is 0 Å². The minimum Gasteiger partial charge on any atom is -0.497 e. The van der Waals surface area contributed by atoms with Crippen LogP contribution in [0.15, 0.2) is 35.5 Å². The van der Waals surface area contributed by atoms with Crippen LogP contribution in [0.2, 0.25) is 0 Å². The van der Waals surface area contributed by atoms with Gasteiger partial charge in [0.1, 0.15) is 12.4 Å². The Balaban J connectivity index is 1.31. The minimum atomic E-state index is 0.0491. The van der Waals surface area contributed by atoms with Crippen molar-refractivity contribution in [1.29, 1.82) is 0 Å². The predicted molar refractivity (Wildman–Crippen MR) is 122 cm³/mol. The first-order chi connectivity index (χ1) is 15.0. The van der Waals surface area contributed by atoms with Crippen LogP contribution in [0.5, 0.6) is 5.75 Å².